The molecule has 0 aliphatic carbocycles. The molecule has 1 N–H and O–H groups in total. The van der Waals surface area contributed by atoms with Gasteiger partial charge in [-0.05, 0) is 31.4 Å². The first-order chi connectivity index (χ1) is 9.13. The molecule has 2 heterocycles. The van der Waals surface area contributed by atoms with Crippen molar-refractivity contribution in [2.45, 2.75) is 38.6 Å². The minimum Gasteiger partial charge on any atom is -0.477 e. The van der Waals surface area contributed by atoms with Gasteiger partial charge < -0.3 is 10.0 Å². The molecule has 5 nitrogen and oxygen atoms in total. The average molecular weight is 262 g/mol. The lowest BCUT2D eigenvalue weighted by Gasteiger charge is -2.24. The van der Waals surface area contributed by atoms with Gasteiger partial charge in [-0.25, -0.2) is 9.78 Å². The van der Waals surface area contributed by atoms with Crippen molar-refractivity contribution in [3.05, 3.63) is 29.6 Å². The van der Waals surface area contributed by atoms with E-state index in [-0.39, 0.29) is 23.3 Å². The van der Waals surface area contributed by atoms with Gasteiger partial charge in [-0.3, -0.25) is 4.79 Å². The van der Waals surface area contributed by atoms with E-state index in [4.69, 9.17) is 5.11 Å². The van der Waals surface area contributed by atoms with Gasteiger partial charge in [-0.2, -0.15) is 0 Å². The number of amides is 1. The molecule has 19 heavy (non-hydrogen) atoms. The highest BCUT2D eigenvalue weighted by Crippen LogP contribution is 2.23. The first-order valence-electron chi connectivity index (χ1n) is 6.64. The number of hydrogen-bond acceptors (Lipinski definition) is 3. The lowest BCUT2D eigenvalue weighted by atomic mass is 10.1. The van der Waals surface area contributed by atoms with Crippen LogP contribution in [0, 0.1) is 0 Å². The summed E-state index contributed by atoms with van der Waals surface area (Å²) >= 11 is 0. The fourth-order valence-electron chi connectivity index (χ4n) is 2.56. The van der Waals surface area contributed by atoms with E-state index in [2.05, 4.69) is 11.9 Å². The van der Waals surface area contributed by atoms with Crippen LogP contribution in [0.2, 0.25) is 0 Å². The average Bonchev–Trinajstić information content (AvgIpc) is 2.86. The molecule has 1 aliphatic rings. The van der Waals surface area contributed by atoms with E-state index in [1.807, 2.05) is 4.90 Å². The Bertz CT molecular complexity index is 487. The standard InChI is InChI=1S/C14H18N2O3/c1-2-5-10-6-4-9-16(10)13(17)11-7-3-8-12(15-11)14(18)19/h3,7-8,10H,2,4-6,9H2,1H3,(H,18,19)/t10-/m0/s1. The zero-order chi connectivity index (χ0) is 13.8. The van der Waals surface area contributed by atoms with Gasteiger partial charge in [0.15, 0.2) is 0 Å². The maximum absolute atomic E-state index is 12.4. The van der Waals surface area contributed by atoms with Crippen molar-refractivity contribution in [1.82, 2.24) is 9.88 Å². The number of aromatic carboxylic acids is 1. The molecule has 1 aromatic rings. The first-order valence-corrected chi connectivity index (χ1v) is 6.64. The summed E-state index contributed by atoms with van der Waals surface area (Å²) in [6, 6.07) is 4.81. The molecule has 1 saturated heterocycles. The van der Waals surface area contributed by atoms with Crippen LogP contribution in [0.15, 0.2) is 18.2 Å². The van der Waals surface area contributed by atoms with Crippen molar-refractivity contribution in [3.8, 4) is 0 Å². The van der Waals surface area contributed by atoms with Crippen LogP contribution in [0.4, 0.5) is 0 Å². The summed E-state index contributed by atoms with van der Waals surface area (Å²) in [5.74, 6) is -1.26. The van der Waals surface area contributed by atoms with Gasteiger partial charge in [-0.1, -0.05) is 19.4 Å². The van der Waals surface area contributed by atoms with Crippen LogP contribution in [0.3, 0.4) is 0 Å². The van der Waals surface area contributed by atoms with Gasteiger partial charge in [0, 0.05) is 12.6 Å². The number of nitrogens with zero attached hydrogens (tertiary/aromatic N) is 2. The van der Waals surface area contributed by atoms with Gasteiger partial charge in [0.1, 0.15) is 11.4 Å². The highest BCUT2D eigenvalue weighted by atomic mass is 16.4. The van der Waals surface area contributed by atoms with Crippen molar-refractivity contribution in [1.29, 1.82) is 0 Å². The fraction of sp³-hybridized carbons (Fsp3) is 0.500. The molecule has 0 radical (unpaired) electrons. The number of aromatic nitrogens is 1. The Hall–Kier alpha value is -1.91. The molecular formula is C14H18N2O3. The lowest BCUT2D eigenvalue weighted by Crippen LogP contribution is -2.36. The SMILES string of the molecule is CCC[C@H]1CCCN1C(=O)c1cccc(C(=O)O)n1. The normalized spacial score (nSPS) is 18.6. The van der Waals surface area contributed by atoms with Gasteiger partial charge in [0.05, 0.1) is 0 Å². The van der Waals surface area contributed by atoms with E-state index in [1.165, 1.54) is 6.07 Å². The smallest absolute Gasteiger partial charge is 0.354 e. The highest BCUT2D eigenvalue weighted by Gasteiger charge is 2.29. The topological polar surface area (TPSA) is 70.5 Å². The van der Waals surface area contributed by atoms with E-state index in [1.54, 1.807) is 12.1 Å². The molecule has 1 aromatic heterocycles. The Morgan fingerprint density at radius 2 is 2.16 bits per heavy atom. The molecule has 1 fully saturated rings. The minimum absolute atomic E-state index is 0.0860. The first kappa shape index (κ1) is 13.5. The number of hydrogen-bond donors (Lipinski definition) is 1. The Kier molecular flexibility index (Phi) is 4.14. The zero-order valence-corrected chi connectivity index (χ0v) is 11.0. The number of carboxylic acids is 1. The second kappa shape index (κ2) is 5.82. The second-order valence-corrected chi connectivity index (χ2v) is 4.80. The molecule has 2 rings (SSSR count). The largest absolute Gasteiger partial charge is 0.477 e. The fourth-order valence-corrected chi connectivity index (χ4v) is 2.56. The maximum atomic E-state index is 12.4. The van der Waals surface area contributed by atoms with Crippen molar-refractivity contribution in [2.75, 3.05) is 6.54 Å². The molecule has 0 spiro atoms. The van der Waals surface area contributed by atoms with Crippen LogP contribution in [0.1, 0.15) is 53.6 Å². The van der Waals surface area contributed by atoms with Gasteiger partial charge in [0.25, 0.3) is 5.91 Å². The van der Waals surface area contributed by atoms with Crippen molar-refractivity contribution < 1.29 is 14.7 Å². The zero-order valence-electron chi connectivity index (χ0n) is 11.0. The molecular weight excluding hydrogens is 244 g/mol. The third-order valence-corrected chi connectivity index (χ3v) is 3.45. The molecule has 1 aliphatic heterocycles. The molecule has 1 atom stereocenters. The van der Waals surface area contributed by atoms with Crippen molar-refractivity contribution >= 4 is 11.9 Å². The molecule has 5 heteroatoms. The minimum atomic E-state index is -1.11. The summed E-state index contributed by atoms with van der Waals surface area (Å²) in [5, 5.41) is 8.91. The summed E-state index contributed by atoms with van der Waals surface area (Å²) in [6.45, 7) is 2.84. The van der Waals surface area contributed by atoms with Crippen molar-refractivity contribution in [3.63, 3.8) is 0 Å². The third kappa shape index (κ3) is 2.92. The van der Waals surface area contributed by atoms with Crippen LogP contribution in [-0.2, 0) is 0 Å². The molecule has 102 valence electrons. The Balaban J connectivity index is 2.19. The Morgan fingerprint density at radius 3 is 2.84 bits per heavy atom. The molecule has 0 bridgehead atoms. The number of pyridine rings is 1. The Morgan fingerprint density at radius 1 is 1.42 bits per heavy atom. The van der Waals surface area contributed by atoms with Gasteiger partial charge in [0.2, 0.25) is 0 Å². The van der Waals surface area contributed by atoms with Crippen LogP contribution in [-0.4, -0.2) is 39.5 Å². The number of carboxylic acid groups (broad SMARTS) is 1. The van der Waals surface area contributed by atoms with Gasteiger partial charge >= 0.3 is 5.97 Å². The van der Waals surface area contributed by atoms with Crippen LogP contribution < -0.4 is 0 Å². The number of carbonyl (C=O) groups is 2. The number of likely N-dealkylation sites (tertiary alicyclic amines) is 1. The van der Waals surface area contributed by atoms with Gasteiger partial charge in [-0.15, -0.1) is 0 Å². The summed E-state index contributed by atoms with van der Waals surface area (Å²) < 4.78 is 0. The van der Waals surface area contributed by atoms with E-state index < -0.39 is 5.97 Å². The van der Waals surface area contributed by atoms with Crippen molar-refractivity contribution in [2.24, 2.45) is 0 Å². The van der Waals surface area contributed by atoms with Crippen LogP contribution in [0.5, 0.6) is 0 Å². The third-order valence-electron chi connectivity index (χ3n) is 3.45. The molecule has 1 amide bonds. The van der Waals surface area contributed by atoms with E-state index in [0.717, 1.165) is 32.2 Å². The summed E-state index contributed by atoms with van der Waals surface area (Å²) in [4.78, 5) is 29.0. The molecule has 0 unspecified atom stereocenters. The summed E-state index contributed by atoms with van der Waals surface area (Å²) in [6.07, 6.45) is 4.06. The highest BCUT2D eigenvalue weighted by molar-refractivity contribution is 5.94. The summed E-state index contributed by atoms with van der Waals surface area (Å²) in [7, 11) is 0. The van der Waals surface area contributed by atoms with E-state index in [0.29, 0.717) is 0 Å². The predicted octanol–water partition coefficient (Wildman–Crippen LogP) is 2.18. The molecule has 0 saturated carbocycles. The maximum Gasteiger partial charge on any atom is 0.354 e. The monoisotopic (exact) mass is 262 g/mol. The van der Waals surface area contributed by atoms with Crippen LogP contribution >= 0.6 is 0 Å². The number of rotatable bonds is 4. The quantitative estimate of drug-likeness (QED) is 0.902. The van der Waals surface area contributed by atoms with Crippen LogP contribution in [0.25, 0.3) is 0 Å². The number of carbonyl (C=O) groups excluding carboxylic acids is 1. The second-order valence-electron chi connectivity index (χ2n) is 4.80. The van der Waals surface area contributed by atoms with E-state index >= 15 is 0 Å². The predicted molar refractivity (Wildman–Crippen MR) is 70.2 cm³/mol. The Labute approximate surface area is 112 Å². The summed E-state index contributed by atoms with van der Waals surface area (Å²) in [5.41, 5.74) is 0.139. The molecule has 0 aromatic carbocycles. The lowest BCUT2D eigenvalue weighted by molar-refractivity contribution is 0.0689. The van der Waals surface area contributed by atoms with E-state index in [9.17, 15) is 9.59 Å².